The van der Waals surface area contributed by atoms with Crippen molar-refractivity contribution in [2.75, 3.05) is 5.32 Å². The fourth-order valence-electron chi connectivity index (χ4n) is 1.12. The van der Waals surface area contributed by atoms with Crippen molar-refractivity contribution in [1.29, 1.82) is 0 Å². The van der Waals surface area contributed by atoms with Crippen molar-refractivity contribution in [2.45, 2.75) is 34.6 Å². The van der Waals surface area contributed by atoms with Gasteiger partial charge in [0.2, 0.25) is 0 Å². The lowest BCUT2D eigenvalue weighted by Crippen LogP contribution is -2.23. The molecule has 112 valence electrons. The number of nitrogens with one attached hydrogen (secondary N) is 1. The summed E-state index contributed by atoms with van der Waals surface area (Å²) in [6.45, 7) is 9.69. The third-order valence-electron chi connectivity index (χ3n) is 1.85. The maximum absolute atomic E-state index is 10.9. The number of aliphatic carboxylic acids is 1. The number of carboxylic acid groups (broad SMARTS) is 2. The summed E-state index contributed by atoms with van der Waals surface area (Å²) in [6, 6.07) is 4.27. The summed E-state index contributed by atoms with van der Waals surface area (Å²) < 4.78 is 0. The molecule has 0 spiro atoms. The number of anilines is 1. The molecule has 20 heavy (non-hydrogen) atoms. The molecule has 1 aromatic carbocycles. The van der Waals surface area contributed by atoms with Crippen molar-refractivity contribution < 1.29 is 24.6 Å². The molecule has 0 saturated carbocycles. The molecule has 0 aliphatic carbocycles. The smallest absolute Gasteiger partial charge is 0.394 e. The molecule has 0 aromatic heterocycles. The molecule has 0 atom stereocenters. The van der Waals surface area contributed by atoms with Gasteiger partial charge in [0.1, 0.15) is 0 Å². The predicted octanol–water partition coefficient (Wildman–Crippen LogP) is 2.77. The summed E-state index contributed by atoms with van der Waals surface area (Å²) in [5.74, 6) is -4.17. The maximum atomic E-state index is 10.9. The molecular weight excluding hydrogens is 262 g/mol. The van der Waals surface area contributed by atoms with Crippen LogP contribution in [0.25, 0.3) is 0 Å². The Bertz CT molecular complexity index is 469. The molecular formula is C14H21NO5. The standard InChI is InChI=1S/C10H9NO5.2C2H6/c1-5-2-3-7(6(4-5)9(13)14)11-8(12)10(15)16;2*1-2/h2-4H,1H3,(H,11,12)(H,13,14)(H,15,16);2*1-2H3. The largest absolute Gasteiger partial charge is 0.478 e. The number of aryl methyl sites for hydroxylation is 1. The molecule has 0 fully saturated rings. The Morgan fingerprint density at radius 2 is 1.50 bits per heavy atom. The summed E-state index contributed by atoms with van der Waals surface area (Å²) in [7, 11) is 0. The van der Waals surface area contributed by atoms with Crippen LogP contribution in [-0.2, 0) is 9.59 Å². The van der Waals surface area contributed by atoms with Gasteiger partial charge in [0, 0.05) is 0 Å². The number of carbonyl (C=O) groups excluding carboxylic acids is 1. The topological polar surface area (TPSA) is 104 Å². The highest BCUT2D eigenvalue weighted by Crippen LogP contribution is 2.17. The zero-order valence-corrected chi connectivity index (χ0v) is 12.4. The molecule has 1 rings (SSSR count). The van der Waals surface area contributed by atoms with Crippen LogP contribution >= 0.6 is 0 Å². The van der Waals surface area contributed by atoms with E-state index in [2.05, 4.69) is 0 Å². The van der Waals surface area contributed by atoms with Gasteiger partial charge in [-0.2, -0.15) is 0 Å². The summed E-state index contributed by atoms with van der Waals surface area (Å²) >= 11 is 0. The Morgan fingerprint density at radius 3 is 1.90 bits per heavy atom. The normalized spacial score (nSPS) is 8.25. The highest BCUT2D eigenvalue weighted by molar-refractivity contribution is 6.36. The second-order valence-corrected chi connectivity index (χ2v) is 3.11. The van der Waals surface area contributed by atoms with E-state index in [4.69, 9.17) is 10.2 Å². The van der Waals surface area contributed by atoms with Crippen molar-refractivity contribution in [1.82, 2.24) is 0 Å². The summed E-state index contributed by atoms with van der Waals surface area (Å²) in [5, 5.41) is 19.2. The van der Waals surface area contributed by atoms with Gasteiger partial charge in [0.05, 0.1) is 11.3 Å². The Hall–Kier alpha value is -2.37. The van der Waals surface area contributed by atoms with E-state index >= 15 is 0 Å². The third kappa shape index (κ3) is 6.53. The van der Waals surface area contributed by atoms with Gasteiger partial charge in [-0.3, -0.25) is 4.79 Å². The molecule has 0 aliphatic heterocycles. The molecule has 1 amide bonds. The van der Waals surface area contributed by atoms with E-state index in [1.807, 2.05) is 33.0 Å². The quantitative estimate of drug-likeness (QED) is 0.724. The highest BCUT2D eigenvalue weighted by atomic mass is 16.4. The molecule has 3 N–H and O–H groups in total. The van der Waals surface area contributed by atoms with Crippen LogP contribution in [0, 0.1) is 6.92 Å². The van der Waals surface area contributed by atoms with Crippen LogP contribution in [0.1, 0.15) is 43.6 Å². The van der Waals surface area contributed by atoms with Crippen LogP contribution in [0.15, 0.2) is 18.2 Å². The van der Waals surface area contributed by atoms with Crippen LogP contribution in [0.4, 0.5) is 5.69 Å². The first kappa shape index (κ1) is 20.0. The van der Waals surface area contributed by atoms with Gasteiger partial charge in [0.25, 0.3) is 0 Å². The van der Waals surface area contributed by atoms with Gasteiger partial charge in [-0.1, -0.05) is 39.3 Å². The van der Waals surface area contributed by atoms with Crippen molar-refractivity contribution in [3.63, 3.8) is 0 Å². The van der Waals surface area contributed by atoms with Crippen LogP contribution in [0.2, 0.25) is 0 Å². The van der Waals surface area contributed by atoms with Crippen molar-refractivity contribution >= 4 is 23.5 Å². The Labute approximate surface area is 118 Å². The number of rotatable bonds is 2. The zero-order valence-electron chi connectivity index (χ0n) is 12.4. The van der Waals surface area contributed by atoms with Crippen LogP contribution in [0.3, 0.4) is 0 Å². The molecule has 0 unspecified atom stereocenters. The summed E-state index contributed by atoms with van der Waals surface area (Å²) in [4.78, 5) is 32.0. The number of amides is 1. The fraction of sp³-hybridized carbons (Fsp3) is 0.357. The van der Waals surface area contributed by atoms with Crippen molar-refractivity contribution in [3.8, 4) is 0 Å². The van der Waals surface area contributed by atoms with E-state index in [0.717, 1.165) is 0 Å². The number of benzene rings is 1. The zero-order chi connectivity index (χ0) is 16.3. The molecule has 6 nitrogen and oxygen atoms in total. The van der Waals surface area contributed by atoms with Crippen LogP contribution in [-0.4, -0.2) is 28.1 Å². The minimum atomic E-state index is -1.67. The Morgan fingerprint density at radius 1 is 1.00 bits per heavy atom. The SMILES string of the molecule is CC.CC.Cc1ccc(NC(=O)C(=O)O)c(C(=O)O)c1. The van der Waals surface area contributed by atoms with Gasteiger partial charge in [-0.25, -0.2) is 9.59 Å². The summed E-state index contributed by atoms with van der Waals surface area (Å²) in [5.41, 5.74) is 0.519. The summed E-state index contributed by atoms with van der Waals surface area (Å²) in [6.07, 6.45) is 0. The number of hydrogen-bond acceptors (Lipinski definition) is 3. The Balaban J connectivity index is 0. The predicted molar refractivity (Wildman–Crippen MR) is 77.1 cm³/mol. The maximum Gasteiger partial charge on any atom is 0.394 e. The lowest BCUT2D eigenvalue weighted by atomic mass is 10.1. The average Bonchev–Trinajstić information content (AvgIpc) is 2.44. The number of hydrogen-bond donors (Lipinski definition) is 3. The van der Waals surface area contributed by atoms with Crippen molar-refractivity contribution in [2.24, 2.45) is 0 Å². The van der Waals surface area contributed by atoms with E-state index in [1.54, 1.807) is 13.0 Å². The molecule has 0 bridgehead atoms. The minimum absolute atomic E-state index is 0.0366. The second kappa shape index (κ2) is 10.5. The molecule has 1 aromatic rings. The van der Waals surface area contributed by atoms with Crippen molar-refractivity contribution in [3.05, 3.63) is 29.3 Å². The van der Waals surface area contributed by atoms with Gasteiger partial charge < -0.3 is 15.5 Å². The van der Waals surface area contributed by atoms with Crippen LogP contribution < -0.4 is 5.32 Å². The van der Waals surface area contributed by atoms with Gasteiger partial charge in [-0.05, 0) is 19.1 Å². The first-order valence-corrected chi connectivity index (χ1v) is 6.30. The monoisotopic (exact) mass is 283 g/mol. The van der Waals surface area contributed by atoms with E-state index in [0.29, 0.717) is 5.56 Å². The molecule has 0 saturated heterocycles. The highest BCUT2D eigenvalue weighted by Gasteiger charge is 2.16. The van der Waals surface area contributed by atoms with E-state index in [-0.39, 0.29) is 11.3 Å². The molecule has 0 radical (unpaired) electrons. The lowest BCUT2D eigenvalue weighted by Gasteiger charge is -2.06. The number of aromatic carboxylic acids is 1. The third-order valence-corrected chi connectivity index (χ3v) is 1.85. The van der Waals surface area contributed by atoms with Gasteiger partial charge in [-0.15, -0.1) is 0 Å². The van der Waals surface area contributed by atoms with E-state index in [1.165, 1.54) is 12.1 Å². The molecule has 6 heteroatoms. The lowest BCUT2D eigenvalue weighted by molar-refractivity contribution is -0.147. The van der Waals surface area contributed by atoms with E-state index in [9.17, 15) is 14.4 Å². The second-order valence-electron chi connectivity index (χ2n) is 3.11. The molecule has 0 heterocycles. The first-order chi connectivity index (χ1) is 9.41. The fourth-order valence-corrected chi connectivity index (χ4v) is 1.12. The Kier molecular flexibility index (Phi) is 10.5. The number of carbonyl (C=O) groups is 3. The van der Waals surface area contributed by atoms with E-state index < -0.39 is 17.8 Å². The first-order valence-electron chi connectivity index (χ1n) is 6.30. The minimum Gasteiger partial charge on any atom is -0.478 e. The van der Waals surface area contributed by atoms with Gasteiger partial charge >= 0.3 is 17.8 Å². The van der Waals surface area contributed by atoms with Crippen LogP contribution in [0.5, 0.6) is 0 Å². The number of carboxylic acids is 2. The average molecular weight is 283 g/mol. The molecule has 0 aliphatic rings. The van der Waals surface area contributed by atoms with Gasteiger partial charge in [0.15, 0.2) is 0 Å².